The Labute approximate surface area is 96.9 Å². The fourth-order valence-corrected chi connectivity index (χ4v) is 1.92. The van der Waals surface area contributed by atoms with E-state index in [1.807, 2.05) is 0 Å². The molecule has 1 saturated carbocycles. The van der Waals surface area contributed by atoms with Crippen molar-refractivity contribution in [3.05, 3.63) is 11.9 Å². The normalized spacial score (nSPS) is 24.3. The van der Waals surface area contributed by atoms with Crippen LogP contribution in [-0.2, 0) is 9.53 Å². The van der Waals surface area contributed by atoms with E-state index in [-0.39, 0.29) is 12.5 Å². The summed E-state index contributed by atoms with van der Waals surface area (Å²) >= 11 is 0. The second-order valence-electron chi connectivity index (χ2n) is 4.39. The molecule has 1 aliphatic rings. The van der Waals surface area contributed by atoms with Crippen LogP contribution in [0.2, 0.25) is 0 Å². The zero-order valence-corrected chi connectivity index (χ0v) is 10.2. The minimum absolute atomic E-state index is 0.227. The minimum atomic E-state index is -0.818. The zero-order chi connectivity index (χ0) is 12.0. The zero-order valence-electron chi connectivity index (χ0n) is 10.2. The SMILES string of the molecule is CCCCCC1CC1/C=C(\F)C(=O)OCC. The van der Waals surface area contributed by atoms with E-state index < -0.39 is 11.8 Å². The maximum absolute atomic E-state index is 13.2. The molecule has 2 atom stereocenters. The van der Waals surface area contributed by atoms with Crippen molar-refractivity contribution >= 4 is 5.97 Å². The lowest BCUT2D eigenvalue weighted by Crippen LogP contribution is -2.04. The molecule has 1 rings (SSSR count). The lowest BCUT2D eigenvalue weighted by atomic mass is 10.1. The second kappa shape index (κ2) is 6.66. The number of carbonyl (C=O) groups is 1. The summed E-state index contributed by atoms with van der Waals surface area (Å²) in [6.45, 7) is 4.07. The topological polar surface area (TPSA) is 26.3 Å². The van der Waals surface area contributed by atoms with Crippen LogP contribution in [0, 0.1) is 11.8 Å². The summed E-state index contributed by atoms with van der Waals surface area (Å²) < 4.78 is 17.8. The quantitative estimate of drug-likeness (QED) is 0.378. The van der Waals surface area contributed by atoms with Gasteiger partial charge in [0.15, 0.2) is 0 Å². The summed E-state index contributed by atoms with van der Waals surface area (Å²) in [7, 11) is 0. The van der Waals surface area contributed by atoms with Gasteiger partial charge in [0.05, 0.1) is 6.61 Å². The Morgan fingerprint density at radius 1 is 1.44 bits per heavy atom. The number of halogens is 1. The van der Waals surface area contributed by atoms with E-state index in [4.69, 9.17) is 0 Å². The first kappa shape index (κ1) is 13.2. The van der Waals surface area contributed by atoms with Gasteiger partial charge in [0, 0.05) is 0 Å². The molecule has 0 spiro atoms. The van der Waals surface area contributed by atoms with Gasteiger partial charge in [-0.15, -0.1) is 0 Å². The van der Waals surface area contributed by atoms with Gasteiger partial charge in [0.2, 0.25) is 5.83 Å². The van der Waals surface area contributed by atoms with E-state index in [0.29, 0.717) is 5.92 Å². The van der Waals surface area contributed by atoms with Crippen LogP contribution >= 0.6 is 0 Å². The summed E-state index contributed by atoms with van der Waals surface area (Å²) in [6, 6.07) is 0. The maximum atomic E-state index is 13.2. The molecule has 0 aromatic heterocycles. The summed E-state index contributed by atoms with van der Waals surface area (Å²) in [5.41, 5.74) is 0. The smallest absolute Gasteiger partial charge is 0.366 e. The Kier molecular flexibility index (Phi) is 5.50. The molecule has 0 N–H and O–H groups in total. The predicted molar refractivity (Wildman–Crippen MR) is 61.6 cm³/mol. The molecule has 0 heterocycles. The van der Waals surface area contributed by atoms with Gasteiger partial charge in [-0.05, 0) is 37.7 Å². The average Bonchev–Trinajstić information content (AvgIpc) is 2.97. The Morgan fingerprint density at radius 3 is 2.81 bits per heavy atom. The second-order valence-corrected chi connectivity index (χ2v) is 4.39. The van der Waals surface area contributed by atoms with Crippen LogP contribution < -0.4 is 0 Å². The van der Waals surface area contributed by atoms with Gasteiger partial charge in [0.25, 0.3) is 0 Å². The number of esters is 1. The third kappa shape index (κ3) is 4.33. The minimum Gasteiger partial charge on any atom is -0.461 e. The number of hydrogen-bond donors (Lipinski definition) is 0. The molecule has 0 radical (unpaired) electrons. The number of unbranched alkanes of at least 4 members (excludes halogenated alkanes) is 2. The Balaban J connectivity index is 2.23. The van der Waals surface area contributed by atoms with Crippen LogP contribution in [0.15, 0.2) is 11.9 Å². The van der Waals surface area contributed by atoms with Gasteiger partial charge in [-0.1, -0.05) is 26.2 Å². The monoisotopic (exact) mass is 228 g/mol. The van der Waals surface area contributed by atoms with Crippen LogP contribution in [0.5, 0.6) is 0 Å². The molecule has 0 saturated heterocycles. The summed E-state index contributed by atoms with van der Waals surface area (Å²) in [5, 5.41) is 0. The van der Waals surface area contributed by atoms with E-state index in [1.165, 1.54) is 25.3 Å². The van der Waals surface area contributed by atoms with Crippen molar-refractivity contribution in [2.45, 2.75) is 46.0 Å². The first-order chi connectivity index (χ1) is 7.69. The summed E-state index contributed by atoms with van der Waals surface area (Å²) in [6.07, 6.45) is 7.29. The van der Waals surface area contributed by atoms with Crippen LogP contribution in [0.4, 0.5) is 4.39 Å². The molecule has 3 heteroatoms. The van der Waals surface area contributed by atoms with Crippen molar-refractivity contribution in [3.63, 3.8) is 0 Å². The van der Waals surface area contributed by atoms with Gasteiger partial charge in [-0.25, -0.2) is 4.79 Å². The number of ether oxygens (including phenoxy) is 1. The van der Waals surface area contributed by atoms with E-state index in [9.17, 15) is 9.18 Å². The standard InChI is InChI=1S/C13H21FO2/c1-3-5-6-7-10-8-11(10)9-12(14)13(15)16-4-2/h9-11H,3-8H2,1-2H3/b12-9-. The molecule has 1 fully saturated rings. The largest absolute Gasteiger partial charge is 0.461 e. The Hall–Kier alpha value is -0.860. The highest BCUT2D eigenvalue weighted by Crippen LogP contribution is 2.44. The van der Waals surface area contributed by atoms with E-state index in [1.54, 1.807) is 6.92 Å². The fraction of sp³-hybridized carbons (Fsp3) is 0.769. The lowest BCUT2D eigenvalue weighted by molar-refractivity contribution is -0.140. The molecule has 0 aromatic carbocycles. The molecule has 0 bridgehead atoms. The van der Waals surface area contributed by atoms with E-state index in [0.717, 1.165) is 12.8 Å². The van der Waals surface area contributed by atoms with Gasteiger partial charge >= 0.3 is 5.97 Å². The highest BCUT2D eigenvalue weighted by Gasteiger charge is 2.35. The number of hydrogen-bond acceptors (Lipinski definition) is 2. The van der Waals surface area contributed by atoms with Crippen LogP contribution in [0.3, 0.4) is 0 Å². The molecular weight excluding hydrogens is 207 g/mol. The molecule has 0 aliphatic heterocycles. The van der Waals surface area contributed by atoms with E-state index in [2.05, 4.69) is 11.7 Å². The Bertz CT molecular complexity index is 261. The van der Waals surface area contributed by atoms with Gasteiger partial charge in [-0.2, -0.15) is 4.39 Å². The Morgan fingerprint density at radius 2 is 2.19 bits per heavy atom. The average molecular weight is 228 g/mol. The molecule has 92 valence electrons. The third-order valence-electron chi connectivity index (χ3n) is 2.99. The van der Waals surface area contributed by atoms with Gasteiger partial charge in [0.1, 0.15) is 0 Å². The molecule has 2 unspecified atom stereocenters. The fourth-order valence-electron chi connectivity index (χ4n) is 1.92. The lowest BCUT2D eigenvalue weighted by Gasteiger charge is -1.98. The van der Waals surface area contributed by atoms with E-state index >= 15 is 0 Å². The van der Waals surface area contributed by atoms with Crippen molar-refractivity contribution < 1.29 is 13.9 Å². The number of rotatable bonds is 7. The van der Waals surface area contributed by atoms with Gasteiger partial charge < -0.3 is 4.74 Å². The molecule has 0 aromatic rings. The maximum Gasteiger partial charge on any atom is 0.366 e. The van der Waals surface area contributed by atoms with Crippen molar-refractivity contribution in [1.82, 2.24) is 0 Å². The molecule has 0 amide bonds. The van der Waals surface area contributed by atoms with Gasteiger partial charge in [-0.3, -0.25) is 0 Å². The van der Waals surface area contributed by atoms with Crippen LogP contribution in [0.25, 0.3) is 0 Å². The molecule has 2 nitrogen and oxygen atoms in total. The number of carbonyl (C=O) groups excluding carboxylic acids is 1. The third-order valence-corrected chi connectivity index (χ3v) is 2.99. The first-order valence-corrected chi connectivity index (χ1v) is 6.23. The van der Waals surface area contributed by atoms with Crippen molar-refractivity contribution in [2.75, 3.05) is 6.61 Å². The van der Waals surface area contributed by atoms with Crippen LogP contribution in [0.1, 0.15) is 46.0 Å². The highest BCUT2D eigenvalue weighted by atomic mass is 19.1. The van der Waals surface area contributed by atoms with Crippen molar-refractivity contribution in [2.24, 2.45) is 11.8 Å². The van der Waals surface area contributed by atoms with Crippen LogP contribution in [-0.4, -0.2) is 12.6 Å². The first-order valence-electron chi connectivity index (χ1n) is 6.23. The van der Waals surface area contributed by atoms with Crippen molar-refractivity contribution in [3.8, 4) is 0 Å². The molecular formula is C13H21FO2. The molecule has 1 aliphatic carbocycles. The number of allylic oxidation sites excluding steroid dienone is 1. The predicted octanol–water partition coefficient (Wildman–Crippen LogP) is 3.62. The summed E-state index contributed by atoms with van der Waals surface area (Å²) in [5.74, 6) is -0.681. The highest BCUT2D eigenvalue weighted by molar-refractivity contribution is 5.86. The molecule has 16 heavy (non-hydrogen) atoms. The summed E-state index contributed by atoms with van der Waals surface area (Å²) in [4.78, 5) is 11.0. The van der Waals surface area contributed by atoms with Crippen molar-refractivity contribution in [1.29, 1.82) is 0 Å².